The average molecular weight is 178 g/mol. The lowest BCUT2D eigenvalue weighted by molar-refractivity contribution is 0.460. The van der Waals surface area contributed by atoms with E-state index in [0.717, 1.165) is 30.4 Å². The molecule has 1 aromatic carbocycles. The van der Waals surface area contributed by atoms with Crippen LogP contribution in [0.15, 0.2) is 12.1 Å². The number of aryl methyl sites for hydroxylation is 2. The highest BCUT2D eigenvalue weighted by Gasteiger charge is 2.07. The molecule has 0 heterocycles. The summed E-state index contributed by atoms with van der Waals surface area (Å²) in [4.78, 5) is 0. The summed E-state index contributed by atoms with van der Waals surface area (Å²) in [5.74, 6) is 0.518. The Hall–Kier alpha value is -0.980. The quantitative estimate of drug-likeness (QED) is 0.753. The van der Waals surface area contributed by atoms with Crippen molar-refractivity contribution in [2.75, 3.05) is 0 Å². The third kappa shape index (κ3) is 2.03. The van der Waals surface area contributed by atoms with E-state index in [4.69, 9.17) is 0 Å². The lowest BCUT2D eigenvalue weighted by Crippen LogP contribution is -1.92. The van der Waals surface area contributed by atoms with Crippen molar-refractivity contribution in [3.8, 4) is 5.75 Å². The fourth-order valence-corrected chi connectivity index (χ4v) is 1.70. The Morgan fingerprint density at radius 1 is 1.23 bits per heavy atom. The number of phenols is 1. The third-order valence-corrected chi connectivity index (χ3v) is 2.47. The molecule has 1 heteroatoms. The van der Waals surface area contributed by atoms with E-state index in [1.54, 1.807) is 0 Å². The molecule has 0 aliphatic heterocycles. The van der Waals surface area contributed by atoms with E-state index >= 15 is 0 Å². The SMILES string of the molecule is CCCc1ccc(C)c(CC)c1O. The summed E-state index contributed by atoms with van der Waals surface area (Å²) in [7, 11) is 0. The van der Waals surface area contributed by atoms with E-state index in [1.165, 1.54) is 5.56 Å². The van der Waals surface area contributed by atoms with E-state index in [0.29, 0.717) is 5.75 Å². The van der Waals surface area contributed by atoms with Crippen LogP contribution in [0, 0.1) is 6.92 Å². The zero-order valence-corrected chi connectivity index (χ0v) is 8.72. The minimum atomic E-state index is 0.518. The van der Waals surface area contributed by atoms with Crippen LogP contribution >= 0.6 is 0 Å². The number of aromatic hydroxyl groups is 1. The molecule has 1 rings (SSSR count). The van der Waals surface area contributed by atoms with Gasteiger partial charge in [0.15, 0.2) is 0 Å². The maximum Gasteiger partial charge on any atom is 0.122 e. The molecule has 0 aromatic heterocycles. The van der Waals surface area contributed by atoms with Gasteiger partial charge in [-0.1, -0.05) is 32.4 Å². The number of benzene rings is 1. The molecule has 1 N–H and O–H groups in total. The first-order chi connectivity index (χ1) is 6.20. The van der Waals surface area contributed by atoms with Gasteiger partial charge in [-0.3, -0.25) is 0 Å². The fourth-order valence-electron chi connectivity index (χ4n) is 1.70. The van der Waals surface area contributed by atoms with Crippen molar-refractivity contribution >= 4 is 0 Å². The Kier molecular flexibility index (Phi) is 3.35. The van der Waals surface area contributed by atoms with Crippen LogP contribution < -0.4 is 0 Å². The Morgan fingerprint density at radius 3 is 2.46 bits per heavy atom. The monoisotopic (exact) mass is 178 g/mol. The molecule has 0 bridgehead atoms. The van der Waals surface area contributed by atoms with Crippen LogP contribution in [-0.4, -0.2) is 5.11 Å². The highest BCUT2D eigenvalue weighted by Crippen LogP contribution is 2.27. The highest BCUT2D eigenvalue weighted by atomic mass is 16.3. The average Bonchev–Trinajstić information content (AvgIpc) is 2.11. The molecule has 0 atom stereocenters. The fraction of sp³-hybridized carbons (Fsp3) is 0.500. The molecule has 0 saturated heterocycles. The van der Waals surface area contributed by atoms with Gasteiger partial charge in [0.2, 0.25) is 0 Å². The normalized spacial score (nSPS) is 10.4. The predicted octanol–water partition coefficient (Wildman–Crippen LogP) is 3.22. The van der Waals surface area contributed by atoms with Gasteiger partial charge in [-0.2, -0.15) is 0 Å². The van der Waals surface area contributed by atoms with Crippen LogP contribution in [0.3, 0.4) is 0 Å². The Morgan fingerprint density at radius 2 is 1.92 bits per heavy atom. The van der Waals surface area contributed by atoms with E-state index < -0.39 is 0 Å². The molecule has 0 unspecified atom stereocenters. The smallest absolute Gasteiger partial charge is 0.122 e. The van der Waals surface area contributed by atoms with Gasteiger partial charge in [0.25, 0.3) is 0 Å². The van der Waals surface area contributed by atoms with E-state index in [9.17, 15) is 5.11 Å². The first-order valence-corrected chi connectivity index (χ1v) is 5.01. The van der Waals surface area contributed by atoms with Gasteiger partial charge in [0, 0.05) is 0 Å². The van der Waals surface area contributed by atoms with Crippen molar-refractivity contribution in [2.45, 2.75) is 40.0 Å². The van der Waals surface area contributed by atoms with E-state index in [1.807, 2.05) is 13.0 Å². The van der Waals surface area contributed by atoms with Gasteiger partial charge in [-0.05, 0) is 36.5 Å². The van der Waals surface area contributed by atoms with Gasteiger partial charge < -0.3 is 5.11 Å². The molecule has 0 saturated carbocycles. The molecule has 0 aliphatic carbocycles. The zero-order valence-electron chi connectivity index (χ0n) is 8.72. The van der Waals surface area contributed by atoms with Crippen LogP contribution in [0.25, 0.3) is 0 Å². The minimum Gasteiger partial charge on any atom is -0.507 e. The summed E-state index contributed by atoms with van der Waals surface area (Å²) in [6.07, 6.45) is 2.97. The van der Waals surface area contributed by atoms with Crippen LogP contribution in [0.2, 0.25) is 0 Å². The second kappa shape index (κ2) is 4.31. The Labute approximate surface area is 80.4 Å². The standard InChI is InChI=1S/C12H18O/c1-4-6-10-8-7-9(3)11(5-2)12(10)13/h7-8,13H,4-6H2,1-3H3. The molecule has 1 nitrogen and oxygen atoms in total. The topological polar surface area (TPSA) is 20.2 Å². The third-order valence-electron chi connectivity index (χ3n) is 2.47. The zero-order chi connectivity index (χ0) is 9.84. The summed E-state index contributed by atoms with van der Waals surface area (Å²) >= 11 is 0. The summed E-state index contributed by atoms with van der Waals surface area (Å²) in [6.45, 7) is 6.26. The molecular weight excluding hydrogens is 160 g/mol. The van der Waals surface area contributed by atoms with E-state index in [2.05, 4.69) is 19.9 Å². The van der Waals surface area contributed by atoms with Crippen molar-refractivity contribution < 1.29 is 5.11 Å². The highest BCUT2D eigenvalue weighted by molar-refractivity contribution is 5.45. The molecule has 72 valence electrons. The summed E-state index contributed by atoms with van der Waals surface area (Å²) in [5.41, 5.74) is 3.38. The summed E-state index contributed by atoms with van der Waals surface area (Å²) in [5, 5.41) is 9.90. The molecule has 0 amide bonds. The lowest BCUT2D eigenvalue weighted by atomic mass is 9.99. The number of hydrogen-bond donors (Lipinski definition) is 1. The van der Waals surface area contributed by atoms with Crippen molar-refractivity contribution in [2.24, 2.45) is 0 Å². The maximum absolute atomic E-state index is 9.90. The van der Waals surface area contributed by atoms with Gasteiger partial charge in [-0.15, -0.1) is 0 Å². The molecule has 13 heavy (non-hydrogen) atoms. The van der Waals surface area contributed by atoms with Gasteiger partial charge in [0.05, 0.1) is 0 Å². The van der Waals surface area contributed by atoms with Crippen molar-refractivity contribution in [3.05, 3.63) is 28.8 Å². The predicted molar refractivity (Wildman–Crippen MR) is 56.2 cm³/mol. The Balaban J connectivity index is 3.11. The first-order valence-electron chi connectivity index (χ1n) is 5.01. The van der Waals surface area contributed by atoms with Gasteiger partial charge in [0.1, 0.15) is 5.75 Å². The van der Waals surface area contributed by atoms with Crippen molar-refractivity contribution in [3.63, 3.8) is 0 Å². The van der Waals surface area contributed by atoms with Crippen molar-refractivity contribution in [1.82, 2.24) is 0 Å². The minimum absolute atomic E-state index is 0.518. The first kappa shape index (κ1) is 10.1. The van der Waals surface area contributed by atoms with Crippen LogP contribution in [0.4, 0.5) is 0 Å². The Bertz CT molecular complexity index is 289. The number of hydrogen-bond acceptors (Lipinski definition) is 1. The van der Waals surface area contributed by atoms with Gasteiger partial charge in [-0.25, -0.2) is 0 Å². The van der Waals surface area contributed by atoms with Gasteiger partial charge >= 0.3 is 0 Å². The van der Waals surface area contributed by atoms with Crippen LogP contribution in [0.5, 0.6) is 5.75 Å². The number of phenolic OH excluding ortho intramolecular Hbond substituents is 1. The molecule has 1 aromatic rings. The molecule has 0 aliphatic rings. The van der Waals surface area contributed by atoms with Crippen molar-refractivity contribution in [1.29, 1.82) is 0 Å². The largest absolute Gasteiger partial charge is 0.507 e. The summed E-state index contributed by atoms with van der Waals surface area (Å²) < 4.78 is 0. The van der Waals surface area contributed by atoms with E-state index in [-0.39, 0.29) is 0 Å². The molecular formula is C12H18O. The van der Waals surface area contributed by atoms with Crippen LogP contribution in [0.1, 0.15) is 37.0 Å². The molecule has 0 radical (unpaired) electrons. The number of rotatable bonds is 3. The van der Waals surface area contributed by atoms with Crippen LogP contribution in [-0.2, 0) is 12.8 Å². The second-order valence-electron chi connectivity index (χ2n) is 3.47. The maximum atomic E-state index is 9.90. The lowest BCUT2D eigenvalue weighted by Gasteiger charge is -2.10. The summed E-state index contributed by atoms with van der Waals surface area (Å²) in [6, 6.07) is 4.14. The molecule has 0 spiro atoms. The second-order valence-corrected chi connectivity index (χ2v) is 3.47. The molecule has 0 fully saturated rings.